The van der Waals surface area contributed by atoms with Crippen LogP contribution >= 0.6 is 0 Å². The van der Waals surface area contributed by atoms with Crippen molar-refractivity contribution in [3.63, 3.8) is 0 Å². The van der Waals surface area contributed by atoms with Crippen molar-refractivity contribution in [1.82, 2.24) is 19.6 Å². The zero-order valence-electron chi connectivity index (χ0n) is 23.1. The van der Waals surface area contributed by atoms with Gasteiger partial charge >= 0.3 is 11.9 Å². The number of piperidine rings is 2. The third-order valence-electron chi connectivity index (χ3n) is 9.98. The molecule has 4 bridgehead atoms. The van der Waals surface area contributed by atoms with Crippen molar-refractivity contribution >= 4 is 23.8 Å². The van der Waals surface area contributed by atoms with Crippen molar-refractivity contribution in [1.29, 1.82) is 0 Å². The molecule has 0 aromatic rings. The van der Waals surface area contributed by atoms with Crippen LogP contribution in [0.5, 0.6) is 0 Å². The molecule has 4 heterocycles. The highest BCUT2D eigenvalue weighted by molar-refractivity contribution is 5.81. The lowest BCUT2D eigenvalue weighted by Crippen LogP contribution is -2.60. The highest BCUT2D eigenvalue weighted by Crippen LogP contribution is 2.38. The van der Waals surface area contributed by atoms with E-state index in [1.807, 2.05) is 9.80 Å². The van der Waals surface area contributed by atoms with E-state index in [0.717, 1.165) is 38.5 Å². The fourth-order valence-corrected chi connectivity index (χ4v) is 8.49. The summed E-state index contributed by atoms with van der Waals surface area (Å²) in [6, 6.07) is -0.892. The van der Waals surface area contributed by atoms with E-state index < -0.39 is 24.1 Å². The molecule has 12 nitrogen and oxygen atoms in total. The molecule has 5 rings (SSSR count). The molecule has 4 unspecified atom stereocenters. The smallest absolute Gasteiger partial charge is 0.317 e. The lowest BCUT2D eigenvalue weighted by molar-refractivity contribution is -0.149. The number of nitrogens with zero attached hydrogens (tertiary/aromatic N) is 4. The quantitative estimate of drug-likeness (QED) is 0.286. The first-order chi connectivity index (χ1) is 19.1. The number of amides is 2. The molecule has 4 aliphatic heterocycles. The SMILES string of the molecule is O=C(O)CN(CC(=O)N1[C@@H]2CC[C@H]1CC(O)C2)C1CCCCC1N(CC(=O)O)CC(=O)N1[C@@H]2CC[C@H]1CC(O)C2. The van der Waals surface area contributed by atoms with Crippen LogP contribution in [0.4, 0.5) is 0 Å². The summed E-state index contributed by atoms with van der Waals surface area (Å²) in [5.41, 5.74) is 0. The molecule has 0 aromatic heterocycles. The predicted octanol–water partition coefficient (Wildman–Crippen LogP) is 0.0994. The van der Waals surface area contributed by atoms with E-state index in [-0.39, 0.29) is 74.2 Å². The molecule has 4 N–H and O–H groups in total. The fourth-order valence-electron chi connectivity index (χ4n) is 8.49. The third-order valence-corrected chi connectivity index (χ3v) is 9.98. The summed E-state index contributed by atoms with van der Waals surface area (Å²) >= 11 is 0. The molecule has 1 aliphatic carbocycles. The molecule has 12 heteroatoms. The molecule has 0 spiro atoms. The molecular weight excluding hydrogens is 520 g/mol. The molecule has 40 heavy (non-hydrogen) atoms. The Balaban J connectivity index is 1.33. The van der Waals surface area contributed by atoms with E-state index in [1.54, 1.807) is 9.80 Å². The van der Waals surface area contributed by atoms with Crippen molar-refractivity contribution in [3.8, 4) is 0 Å². The maximum absolute atomic E-state index is 13.6. The molecular formula is C28H44N4O8. The molecule has 224 valence electrons. The molecule has 5 aliphatic rings. The maximum atomic E-state index is 13.6. The largest absolute Gasteiger partial charge is 0.480 e. The van der Waals surface area contributed by atoms with Crippen LogP contribution in [0.3, 0.4) is 0 Å². The Morgan fingerprint density at radius 1 is 0.550 bits per heavy atom. The number of hydrogen-bond donors (Lipinski definition) is 4. The number of aliphatic hydroxyl groups excluding tert-OH is 2. The average Bonchev–Trinajstić information content (AvgIpc) is 3.32. The van der Waals surface area contributed by atoms with Gasteiger partial charge in [0.05, 0.1) is 38.4 Å². The lowest BCUT2D eigenvalue weighted by atomic mass is 9.87. The van der Waals surface area contributed by atoms with Crippen molar-refractivity contribution < 1.29 is 39.6 Å². The monoisotopic (exact) mass is 564 g/mol. The first-order valence-corrected chi connectivity index (χ1v) is 15.0. The van der Waals surface area contributed by atoms with Crippen molar-refractivity contribution in [2.24, 2.45) is 0 Å². The highest BCUT2D eigenvalue weighted by Gasteiger charge is 2.46. The molecule has 4 saturated heterocycles. The summed E-state index contributed by atoms with van der Waals surface area (Å²) in [5, 5.41) is 39.9. The zero-order chi connectivity index (χ0) is 28.6. The lowest BCUT2D eigenvalue weighted by Gasteiger charge is -2.46. The first kappa shape index (κ1) is 29.2. The minimum absolute atomic E-state index is 0.0327. The van der Waals surface area contributed by atoms with Crippen molar-refractivity contribution in [2.75, 3.05) is 26.2 Å². The first-order valence-electron chi connectivity index (χ1n) is 15.0. The number of rotatable bonds is 10. The second kappa shape index (κ2) is 12.3. The molecule has 0 radical (unpaired) electrons. The van der Waals surface area contributed by atoms with E-state index in [9.17, 15) is 39.6 Å². The van der Waals surface area contributed by atoms with Gasteiger partial charge in [-0.1, -0.05) is 12.8 Å². The Hall–Kier alpha value is -2.28. The van der Waals surface area contributed by atoms with Gasteiger partial charge < -0.3 is 30.2 Å². The topological polar surface area (TPSA) is 162 Å². The Labute approximate surface area is 234 Å². The number of carboxylic acid groups (broad SMARTS) is 2. The second-order valence-corrected chi connectivity index (χ2v) is 12.6. The van der Waals surface area contributed by atoms with Crippen LogP contribution in [0.1, 0.15) is 77.0 Å². The number of carbonyl (C=O) groups is 4. The van der Waals surface area contributed by atoms with E-state index >= 15 is 0 Å². The van der Waals surface area contributed by atoms with Gasteiger partial charge in [-0.25, -0.2) is 0 Å². The molecule has 2 amide bonds. The highest BCUT2D eigenvalue weighted by atomic mass is 16.4. The Morgan fingerprint density at radius 3 is 1.18 bits per heavy atom. The van der Waals surface area contributed by atoms with Gasteiger partial charge in [0.2, 0.25) is 11.8 Å². The number of aliphatic carboxylic acids is 2. The number of carbonyl (C=O) groups excluding carboxylic acids is 2. The average molecular weight is 565 g/mol. The fraction of sp³-hybridized carbons (Fsp3) is 0.857. The van der Waals surface area contributed by atoms with Crippen LogP contribution in [-0.4, -0.2) is 138 Å². The summed E-state index contributed by atoms with van der Waals surface area (Å²) in [7, 11) is 0. The standard InChI is InChI=1S/C28H44N4O8/c33-21-9-17-5-6-18(10-21)31(17)25(35)13-29(15-27(37)38)23-3-1-2-4-24(23)30(16-28(39)40)14-26(36)32-19-7-8-20(32)12-22(34)11-19/h17-24,33-34H,1-16H2,(H,37,38)(H,39,40)/t17-,18+,19-,20+,21?,22?,23?,24?. The summed E-state index contributed by atoms with van der Waals surface area (Å²) in [6.07, 6.45) is 7.55. The third kappa shape index (κ3) is 6.29. The zero-order valence-corrected chi connectivity index (χ0v) is 23.1. The van der Waals surface area contributed by atoms with E-state index in [0.29, 0.717) is 38.5 Å². The van der Waals surface area contributed by atoms with Crippen molar-refractivity contribution in [3.05, 3.63) is 0 Å². The van der Waals surface area contributed by atoms with Gasteiger partial charge in [0.1, 0.15) is 0 Å². The molecule has 5 fully saturated rings. The summed E-state index contributed by atoms with van der Waals surface area (Å²) in [6.45, 7) is -0.859. The summed E-state index contributed by atoms with van der Waals surface area (Å²) < 4.78 is 0. The second-order valence-electron chi connectivity index (χ2n) is 12.6. The van der Waals surface area contributed by atoms with Crippen LogP contribution in [-0.2, 0) is 19.2 Å². The van der Waals surface area contributed by atoms with Crippen molar-refractivity contribution in [2.45, 2.75) is 126 Å². The van der Waals surface area contributed by atoms with E-state index in [2.05, 4.69) is 0 Å². The molecule has 1 saturated carbocycles. The Morgan fingerprint density at radius 2 is 0.875 bits per heavy atom. The predicted molar refractivity (Wildman–Crippen MR) is 142 cm³/mol. The van der Waals surface area contributed by atoms with Gasteiger partial charge in [0.25, 0.3) is 0 Å². The van der Waals surface area contributed by atoms with Gasteiger partial charge in [-0.15, -0.1) is 0 Å². The van der Waals surface area contributed by atoms with Gasteiger partial charge in [-0.3, -0.25) is 29.0 Å². The van der Waals surface area contributed by atoms with E-state index in [1.165, 1.54) is 0 Å². The Kier molecular flexibility index (Phi) is 8.98. The van der Waals surface area contributed by atoms with Crippen LogP contribution in [0.2, 0.25) is 0 Å². The number of carboxylic acids is 2. The van der Waals surface area contributed by atoms with Crippen LogP contribution in [0.15, 0.2) is 0 Å². The summed E-state index contributed by atoms with van der Waals surface area (Å²) in [5.74, 6) is -2.40. The summed E-state index contributed by atoms with van der Waals surface area (Å²) in [4.78, 5) is 58.1. The number of aliphatic hydroxyl groups is 2. The minimum atomic E-state index is -1.06. The Bertz CT molecular complexity index is 876. The maximum Gasteiger partial charge on any atom is 0.317 e. The van der Waals surface area contributed by atoms with E-state index in [4.69, 9.17) is 0 Å². The van der Waals surface area contributed by atoms with Gasteiger partial charge in [0.15, 0.2) is 0 Å². The molecule has 8 atom stereocenters. The molecule has 0 aromatic carbocycles. The van der Waals surface area contributed by atoms with Crippen LogP contribution in [0.25, 0.3) is 0 Å². The number of hydrogen-bond acceptors (Lipinski definition) is 8. The number of fused-ring (bicyclic) bond motifs is 4. The minimum Gasteiger partial charge on any atom is -0.480 e. The van der Waals surface area contributed by atoms with Gasteiger partial charge in [-0.2, -0.15) is 0 Å². The van der Waals surface area contributed by atoms with Crippen LogP contribution in [0, 0.1) is 0 Å². The van der Waals surface area contributed by atoms with Crippen LogP contribution < -0.4 is 0 Å². The van der Waals surface area contributed by atoms with Gasteiger partial charge in [0, 0.05) is 36.3 Å². The normalized spacial score (nSPS) is 35.4. The van der Waals surface area contributed by atoms with Gasteiger partial charge in [-0.05, 0) is 64.2 Å².